The molecule has 0 bridgehead atoms. The Kier molecular flexibility index (Phi) is 3.86. The van der Waals surface area contributed by atoms with Crippen LogP contribution in [0.5, 0.6) is 0 Å². The molecule has 1 amide bonds. The Balaban J connectivity index is 2.54. The third-order valence-electron chi connectivity index (χ3n) is 2.72. The van der Waals surface area contributed by atoms with Crippen LogP contribution >= 0.6 is 0 Å². The van der Waals surface area contributed by atoms with Crippen molar-refractivity contribution in [2.45, 2.75) is 38.0 Å². The minimum Gasteiger partial charge on any atom is -0.396 e. The van der Waals surface area contributed by atoms with E-state index in [1.54, 1.807) is 0 Å². The third-order valence-corrected chi connectivity index (χ3v) is 2.72. The Bertz CT molecular complexity index is 209. The van der Waals surface area contributed by atoms with Gasteiger partial charge < -0.3 is 20.6 Å². The van der Waals surface area contributed by atoms with Crippen LogP contribution in [0.1, 0.15) is 19.8 Å². The molecule has 4 atom stereocenters. The van der Waals surface area contributed by atoms with Gasteiger partial charge in [-0.15, -0.1) is 0 Å². The van der Waals surface area contributed by atoms with Crippen molar-refractivity contribution in [1.29, 1.82) is 0 Å². The van der Waals surface area contributed by atoms with E-state index in [0.29, 0.717) is 12.8 Å². The number of nitrogens with one attached hydrogen (secondary N) is 1. The van der Waals surface area contributed by atoms with Crippen LogP contribution in [0.2, 0.25) is 0 Å². The van der Waals surface area contributed by atoms with Crippen molar-refractivity contribution in [3.63, 3.8) is 0 Å². The molecule has 1 saturated carbocycles. The second kappa shape index (κ2) is 4.72. The molecule has 1 aliphatic rings. The maximum atomic E-state index is 10.8. The van der Waals surface area contributed by atoms with Gasteiger partial charge >= 0.3 is 0 Å². The number of carbonyl (C=O) groups is 1. The molecule has 4 unspecified atom stereocenters. The van der Waals surface area contributed by atoms with Crippen LogP contribution in [0, 0.1) is 5.92 Å². The molecule has 0 saturated heterocycles. The van der Waals surface area contributed by atoms with E-state index in [4.69, 9.17) is 5.11 Å². The van der Waals surface area contributed by atoms with Crippen molar-refractivity contribution in [2.24, 2.45) is 5.92 Å². The van der Waals surface area contributed by atoms with E-state index in [1.807, 2.05) is 0 Å². The van der Waals surface area contributed by atoms with Gasteiger partial charge in [-0.1, -0.05) is 0 Å². The summed E-state index contributed by atoms with van der Waals surface area (Å²) in [7, 11) is 0. The molecule has 0 aliphatic heterocycles. The summed E-state index contributed by atoms with van der Waals surface area (Å²) in [5.41, 5.74) is 0. The largest absolute Gasteiger partial charge is 0.396 e. The van der Waals surface area contributed by atoms with Crippen LogP contribution in [0.3, 0.4) is 0 Å². The highest BCUT2D eigenvalue weighted by Gasteiger charge is 2.37. The van der Waals surface area contributed by atoms with E-state index in [-0.39, 0.29) is 18.4 Å². The standard InChI is InChI=1S/C9H17NO4/c1-5(12)10-7-3-2-6(4-11)8(13)9(7)14/h6-9,11,13-14H,2-4H2,1H3,(H,10,12). The fraction of sp³-hybridized carbons (Fsp3) is 0.889. The van der Waals surface area contributed by atoms with Crippen LogP contribution in [-0.4, -0.2) is 46.1 Å². The number of hydrogen-bond acceptors (Lipinski definition) is 4. The van der Waals surface area contributed by atoms with Crippen LogP contribution < -0.4 is 5.32 Å². The average molecular weight is 203 g/mol. The summed E-state index contributed by atoms with van der Waals surface area (Å²) >= 11 is 0. The second-order valence-electron chi connectivity index (χ2n) is 3.81. The zero-order valence-electron chi connectivity index (χ0n) is 8.18. The normalized spacial score (nSPS) is 38.0. The molecular weight excluding hydrogens is 186 g/mol. The van der Waals surface area contributed by atoms with Crippen molar-refractivity contribution < 1.29 is 20.1 Å². The number of carbonyl (C=O) groups excluding carboxylic acids is 1. The Hall–Kier alpha value is -0.650. The van der Waals surface area contributed by atoms with Crippen molar-refractivity contribution in [3.8, 4) is 0 Å². The number of hydrogen-bond donors (Lipinski definition) is 4. The molecule has 14 heavy (non-hydrogen) atoms. The van der Waals surface area contributed by atoms with Gasteiger partial charge in [0.05, 0.1) is 12.1 Å². The molecule has 0 radical (unpaired) electrons. The predicted molar refractivity (Wildman–Crippen MR) is 49.4 cm³/mol. The molecule has 0 spiro atoms. The number of aliphatic hydroxyl groups is 3. The molecular formula is C9H17NO4. The number of aliphatic hydroxyl groups excluding tert-OH is 3. The van der Waals surface area contributed by atoms with Crippen molar-refractivity contribution in [2.75, 3.05) is 6.61 Å². The molecule has 0 heterocycles. The average Bonchev–Trinajstić information content (AvgIpc) is 2.13. The van der Waals surface area contributed by atoms with E-state index < -0.39 is 18.2 Å². The highest BCUT2D eigenvalue weighted by molar-refractivity contribution is 5.73. The van der Waals surface area contributed by atoms with E-state index >= 15 is 0 Å². The molecule has 5 heteroatoms. The first-order valence-corrected chi connectivity index (χ1v) is 4.80. The highest BCUT2D eigenvalue weighted by Crippen LogP contribution is 2.24. The van der Waals surface area contributed by atoms with Gasteiger partial charge in [-0.25, -0.2) is 0 Å². The van der Waals surface area contributed by atoms with E-state index in [1.165, 1.54) is 6.92 Å². The fourth-order valence-corrected chi connectivity index (χ4v) is 1.87. The molecule has 4 N–H and O–H groups in total. The van der Waals surface area contributed by atoms with Crippen LogP contribution in [0.25, 0.3) is 0 Å². The predicted octanol–water partition coefficient (Wildman–Crippen LogP) is -1.38. The molecule has 0 aromatic rings. The number of rotatable bonds is 2. The maximum absolute atomic E-state index is 10.8. The van der Waals surface area contributed by atoms with Gasteiger partial charge in [0.15, 0.2) is 0 Å². The van der Waals surface area contributed by atoms with E-state index in [0.717, 1.165) is 0 Å². The number of amides is 1. The summed E-state index contributed by atoms with van der Waals surface area (Å²) in [5.74, 6) is -0.501. The first kappa shape index (κ1) is 11.4. The Morgan fingerprint density at radius 2 is 2.00 bits per heavy atom. The maximum Gasteiger partial charge on any atom is 0.217 e. The van der Waals surface area contributed by atoms with Crippen molar-refractivity contribution >= 4 is 5.91 Å². The van der Waals surface area contributed by atoms with Crippen LogP contribution in [-0.2, 0) is 4.79 Å². The van der Waals surface area contributed by atoms with E-state index in [2.05, 4.69) is 5.32 Å². The summed E-state index contributed by atoms with van der Waals surface area (Å²) in [6.07, 6.45) is -0.738. The Morgan fingerprint density at radius 3 is 2.50 bits per heavy atom. The first-order chi connectivity index (χ1) is 6.56. The zero-order chi connectivity index (χ0) is 10.7. The van der Waals surface area contributed by atoms with Gasteiger partial charge in [0.2, 0.25) is 5.91 Å². The minimum atomic E-state index is -0.982. The molecule has 0 aromatic carbocycles. The first-order valence-electron chi connectivity index (χ1n) is 4.80. The van der Waals surface area contributed by atoms with Crippen LogP contribution in [0.4, 0.5) is 0 Å². The highest BCUT2D eigenvalue weighted by atomic mass is 16.3. The van der Waals surface area contributed by atoms with Gasteiger partial charge in [0.25, 0.3) is 0 Å². The SMILES string of the molecule is CC(=O)NC1CCC(CO)C(O)C1O. The lowest BCUT2D eigenvalue weighted by Gasteiger charge is -2.36. The topological polar surface area (TPSA) is 89.8 Å². The monoisotopic (exact) mass is 203 g/mol. The van der Waals surface area contributed by atoms with Crippen molar-refractivity contribution in [1.82, 2.24) is 5.32 Å². The molecule has 0 aromatic heterocycles. The van der Waals surface area contributed by atoms with Gasteiger partial charge in [-0.3, -0.25) is 4.79 Å². The van der Waals surface area contributed by atoms with Gasteiger partial charge in [0.1, 0.15) is 6.10 Å². The molecule has 1 fully saturated rings. The van der Waals surface area contributed by atoms with Gasteiger partial charge in [0, 0.05) is 19.4 Å². The fourth-order valence-electron chi connectivity index (χ4n) is 1.87. The molecule has 1 aliphatic carbocycles. The summed E-state index contributed by atoms with van der Waals surface area (Å²) in [6, 6.07) is -0.398. The van der Waals surface area contributed by atoms with Crippen molar-refractivity contribution in [3.05, 3.63) is 0 Å². The van der Waals surface area contributed by atoms with Crippen LogP contribution in [0.15, 0.2) is 0 Å². The Morgan fingerprint density at radius 1 is 1.36 bits per heavy atom. The second-order valence-corrected chi connectivity index (χ2v) is 3.81. The molecule has 5 nitrogen and oxygen atoms in total. The quantitative estimate of drug-likeness (QED) is 0.445. The lowest BCUT2D eigenvalue weighted by Crippen LogP contribution is -2.54. The summed E-state index contributed by atoms with van der Waals surface area (Å²) in [6.45, 7) is 1.24. The van der Waals surface area contributed by atoms with Gasteiger partial charge in [-0.2, -0.15) is 0 Å². The summed E-state index contributed by atoms with van der Waals surface area (Å²) in [5, 5.41) is 30.6. The molecule has 1 rings (SSSR count). The molecule has 82 valence electrons. The zero-order valence-corrected chi connectivity index (χ0v) is 8.18. The lowest BCUT2D eigenvalue weighted by atomic mass is 9.82. The lowest BCUT2D eigenvalue weighted by molar-refractivity contribution is -0.124. The summed E-state index contributed by atoms with van der Waals surface area (Å²) in [4.78, 5) is 10.8. The van der Waals surface area contributed by atoms with Gasteiger partial charge in [-0.05, 0) is 12.8 Å². The summed E-state index contributed by atoms with van der Waals surface area (Å²) < 4.78 is 0. The minimum absolute atomic E-state index is 0.134. The third kappa shape index (κ3) is 2.43. The van der Waals surface area contributed by atoms with E-state index in [9.17, 15) is 15.0 Å². The smallest absolute Gasteiger partial charge is 0.217 e. The Labute approximate surface area is 82.7 Å².